The van der Waals surface area contributed by atoms with Crippen LogP contribution in [0, 0.1) is 6.92 Å². The predicted octanol–water partition coefficient (Wildman–Crippen LogP) is 0.729. The summed E-state index contributed by atoms with van der Waals surface area (Å²) in [6.07, 6.45) is 1.01. The summed E-state index contributed by atoms with van der Waals surface area (Å²) in [7, 11) is 2.10. The first-order valence-electron chi connectivity index (χ1n) is 5.02. The summed E-state index contributed by atoms with van der Waals surface area (Å²) in [5.41, 5.74) is 7.01. The van der Waals surface area contributed by atoms with E-state index < -0.39 is 0 Å². The van der Waals surface area contributed by atoms with Gasteiger partial charge in [-0.2, -0.15) is 0 Å². The van der Waals surface area contributed by atoms with Gasteiger partial charge in [0, 0.05) is 31.1 Å². The van der Waals surface area contributed by atoms with E-state index in [0.29, 0.717) is 5.92 Å². The van der Waals surface area contributed by atoms with Crippen molar-refractivity contribution in [1.82, 2.24) is 10.1 Å². The third-order valence-corrected chi connectivity index (χ3v) is 2.73. The molecule has 0 aliphatic carbocycles. The summed E-state index contributed by atoms with van der Waals surface area (Å²) in [4.78, 5) is 2.25. The van der Waals surface area contributed by atoms with Gasteiger partial charge in [0.2, 0.25) is 0 Å². The molecule has 1 aromatic rings. The number of aromatic nitrogens is 1. The zero-order chi connectivity index (χ0) is 10.1. The number of hydrogen-bond donors (Lipinski definition) is 1. The Balaban J connectivity index is 2.10. The number of rotatable bonds is 1. The Morgan fingerprint density at radius 1 is 1.57 bits per heavy atom. The molecule has 1 fully saturated rings. The Hall–Kier alpha value is -0.870. The van der Waals surface area contributed by atoms with Gasteiger partial charge in [0.15, 0.2) is 0 Å². The second-order valence-electron chi connectivity index (χ2n) is 4.28. The van der Waals surface area contributed by atoms with E-state index in [2.05, 4.69) is 17.1 Å². The van der Waals surface area contributed by atoms with Gasteiger partial charge in [-0.1, -0.05) is 5.16 Å². The zero-order valence-corrected chi connectivity index (χ0v) is 8.73. The lowest BCUT2D eigenvalue weighted by atomic mass is 9.92. The van der Waals surface area contributed by atoms with E-state index in [9.17, 15) is 0 Å². The SMILES string of the molecule is Cc1cc(C2CC(N)CN(C)C2)no1. The molecule has 0 bridgehead atoms. The Morgan fingerprint density at radius 2 is 2.36 bits per heavy atom. The van der Waals surface area contributed by atoms with Crippen molar-refractivity contribution in [2.45, 2.75) is 25.3 Å². The molecule has 1 aliphatic heterocycles. The summed E-state index contributed by atoms with van der Waals surface area (Å²) >= 11 is 0. The lowest BCUT2D eigenvalue weighted by molar-refractivity contribution is 0.221. The molecule has 1 aromatic heterocycles. The molecule has 0 aromatic carbocycles. The molecule has 78 valence electrons. The van der Waals surface area contributed by atoms with Gasteiger partial charge in [0.1, 0.15) is 5.76 Å². The number of hydrogen-bond acceptors (Lipinski definition) is 4. The molecule has 1 aliphatic rings. The molecule has 2 unspecified atom stereocenters. The van der Waals surface area contributed by atoms with Crippen LogP contribution in [-0.4, -0.2) is 36.2 Å². The van der Waals surface area contributed by atoms with Gasteiger partial charge in [0.05, 0.1) is 5.69 Å². The molecule has 4 heteroatoms. The normalized spacial score (nSPS) is 29.4. The maximum Gasteiger partial charge on any atom is 0.133 e. The van der Waals surface area contributed by atoms with E-state index in [-0.39, 0.29) is 6.04 Å². The highest BCUT2D eigenvalue weighted by atomic mass is 16.5. The van der Waals surface area contributed by atoms with Crippen molar-refractivity contribution < 1.29 is 4.52 Å². The molecular weight excluding hydrogens is 178 g/mol. The van der Waals surface area contributed by atoms with Crippen LogP contribution in [-0.2, 0) is 0 Å². The topological polar surface area (TPSA) is 55.3 Å². The van der Waals surface area contributed by atoms with E-state index in [1.165, 1.54) is 0 Å². The number of nitrogens with two attached hydrogens (primary N) is 1. The maximum atomic E-state index is 5.96. The summed E-state index contributed by atoms with van der Waals surface area (Å²) in [6.45, 7) is 3.93. The van der Waals surface area contributed by atoms with E-state index >= 15 is 0 Å². The van der Waals surface area contributed by atoms with Gasteiger partial charge in [-0.3, -0.25) is 0 Å². The third-order valence-electron chi connectivity index (χ3n) is 2.73. The molecule has 0 saturated carbocycles. The number of piperidine rings is 1. The van der Waals surface area contributed by atoms with Crippen molar-refractivity contribution in [3.05, 3.63) is 17.5 Å². The average Bonchev–Trinajstić information content (AvgIpc) is 2.50. The minimum absolute atomic E-state index is 0.260. The van der Waals surface area contributed by atoms with Crippen LogP contribution in [0.5, 0.6) is 0 Å². The highest BCUT2D eigenvalue weighted by Crippen LogP contribution is 2.25. The number of likely N-dealkylation sites (N-methyl/N-ethyl adjacent to an activating group) is 1. The van der Waals surface area contributed by atoms with E-state index in [4.69, 9.17) is 10.3 Å². The largest absolute Gasteiger partial charge is 0.361 e. The lowest BCUT2D eigenvalue weighted by Crippen LogP contribution is -2.44. The van der Waals surface area contributed by atoms with Gasteiger partial charge in [-0.05, 0) is 20.4 Å². The van der Waals surface area contributed by atoms with Crippen molar-refractivity contribution in [2.75, 3.05) is 20.1 Å². The minimum Gasteiger partial charge on any atom is -0.361 e. The van der Waals surface area contributed by atoms with Crippen LogP contribution in [0.1, 0.15) is 23.8 Å². The zero-order valence-electron chi connectivity index (χ0n) is 8.73. The van der Waals surface area contributed by atoms with Crippen LogP contribution >= 0.6 is 0 Å². The summed E-state index contributed by atoms with van der Waals surface area (Å²) in [6, 6.07) is 2.27. The van der Waals surface area contributed by atoms with Crippen molar-refractivity contribution in [2.24, 2.45) is 5.73 Å². The summed E-state index contributed by atoms with van der Waals surface area (Å²) < 4.78 is 5.08. The molecule has 1 saturated heterocycles. The van der Waals surface area contributed by atoms with Gasteiger partial charge in [-0.25, -0.2) is 0 Å². The van der Waals surface area contributed by atoms with Gasteiger partial charge in [-0.15, -0.1) is 0 Å². The lowest BCUT2D eigenvalue weighted by Gasteiger charge is -2.32. The molecule has 2 atom stereocenters. The quantitative estimate of drug-likeness (QED) is 0.717. The first-order chi connectivity index (χ1) is 6.65. The van der Waals surface area contributed by atoms with Crippen molar-refractivity contribution in [3.8, 4) is 0 Å². The fourth-order valence-electron chi connectivity index (χ4n) is 2.16. The molecule has 2 N–H and O–H groups in total. The molecule has 14 heavy (non-hydrogen) atoms. The Bertz CT molecular complexity index is 300. The standard InChI is InChI=1S/C10H17N3O/c1-7-3-10(12-14-7)8-4-9(11)6-13(2)5-8/h3,8-9H,4-6,11H2,1-2H3. The molecule has 0 spiro atoms. The van der Waals surface area contributed by atoms with Gasteiger partial charge in [0.25, 0.3) is 0 Å². The van der Waals surface area contributed by atoms with Gasteiger partial charge >= 0.3 is 0 Å². The fraction of sp³-hybridized carbons (Fsp3) is 0.700. The molecule has 2 heterocycles. The van der Waals surface area contributed by atoms with Crippen LogP contribution in [0.15, 0.2) is 10.6 Å². The highest BCUT2D eigenvalue weighted by Gasteiger charge is 2.26. The van der Waals surface area contributed by atoms with Crippen LogP contribution in [0.2, 0.25) is 0 Å². The monoisotopic (exact) mass is 195 g/mol. The van der Waals surface area contributed by atoms with Crippen molar-refractivity contribution in [1.29, 1.82) is 0 Å². The Labute approximate surface area is 84.0 Å². The predicted molar refractivity (Wildman–Crippen MR) is 54.1 cm³/mol. The maximum absolute atomic E-state index is 5.96. The Kier molecular flexibility index (Phi) is 2.56. The Morgan fingerprint density at radius 3 is 2.93 bits per heavy atom. The molecule has 0 radical (unpaired) electrons. The fourth-order valence-corrected chi connectivity index (χ4v) is 2.16. The van der Waals surface area contributed by atoms with Crippen molar-refractivity contribution in [3.63, 3.8) is 0 Å². The highest BCUT2D eigenvalue weighted by molar-refractivity contribution is 5.11. The van der Waals surface area contributed by atoms with Gasteiger partial charge < -0.3 is 15.2 Å². The smallest absolute Gasteiger partial charge is 0.133 e. The molecular formula is C10H17N3O. The minimum atomic E-state index is 0.260. The average molecular weight is 195 g/mol. The number of nitrogens with zero attached hydrogens (tertiary/aromatic N) is 2. The van der Waals surface area contributed by atoms with Crippen LogP contribution in [0.25, 0.3) is 0 Å². The third kappa shape index (κ3) is 1.96. The van der Waals surface area contributed by atoms with E-state index in [1.807, 2.05) is 13.0 Å². The number of likely N-dealkylation sites (tertiary alicyclic amines) is 1. The first kappa shape index (κ1) is 9.68. The molecule has 0 amide bonds. The number of aryl methyl sites for hydroxylation is 1. The van der Waals surface area contributed by atoms with Crippen LogP contribution in [0.3, 0.4) is 0 Å². The second-order valence-corrected chi connectivity index (χ2v) is 4.28. The second kappa shape index (κ2) is 3.71. The van der Waals surface area contributed by atoms with Crippen molar-refractivity contribution >= 4 is 0 Å². The van der Waals surface area contributed by atoms with Crippen LogP contribution < -0.4 is 5.73 Å². The van der Waals surface area contributed by atoms with Crippen LogP contribution in [0.4, 0.5) is 0 Å². The summed E-state index contributed by atoms with van der Waals surface area (Å²) in [5, 5.41) is 4.05. The molecule has 4 nitrogen and oxygen atoms in total. The van der Waals surface area contributed by atoms with E-state index in [0.717, 1.165) is 31.0 Å². The first-order valence-corrected chi connectivity index (χ1v) is 5.02. The van der Waals surface area contributed by atoms with E-state index in [1.54, 1.807) is 0 Å². The molecule has 2 rings (SSSR count). The summed E-state index contributed by atoms with van der Waals surface area (Å²) in [5.74, 6) is 1.31.